The molecule has 1 aliphatic rings. The van der Waals surface area contributed by atoms with Crippen molar-refractivity contribution in [3.63, 3.8) is 0 Å². The Morgan fingerprint density at radius 1 is 1.40 bits per heavy atom. The van der Waals surface area contributed by atoms with Gasteiger partial charge < -0.3 is 9.57 Å². The SMILES string of the molecule is CCOC(=O)C1CC(c2ccc(C(F)(F)F)cc2)=NO1. The molecule has 0 spiro atoms. The normalized spacial score (nSPS) is 18.4. The van der Waals surface area contributed by atoms with Crippen LogP contribution in [0, 0.1) is 0 Å². The molecule has 108 valence electrons. The molecule has 0 aromatic heterocycles. The first-order valence-electron chi connectivity index (χ1n) is 5.98. The smallest absolute Gasteiger partial charge is 0.416 e. The number of hydrogen-bond donors (Lipinski definition) is 0. The van der Waals surface area contributed by atoms with E-state index in [1.54, 1.807) is 6.92 Å². The van der Waals surface area contributed by atoms with Crippen LogP contribution in [0.4, 0.5) is 13.2 Å². The Bertz CT molecular complexity index is 523. The molecule has 4 nitrogen and oxygen atoms in total. The van der Waals surface area contributed by atoms with Gasteiger partial charge in [0.05, 0.1) is 17.9 Å². The zero-order valence-electron chi connectivity index (χ0n) is 10.6. The highest BCUT2D eigenvalue weighted by Crippen LogP contribution is 2.29. The van der Waals surface area contributed by atoms with Crippen LogP contribution in [-0.2, 0) is 20.5 Å². The van der Waals surface area contributed by atoms with Crippen LogP contribution in [0.2, 0.25) is 0 Å². The Morgan fingerprint density at radius 3 is 2.60 bits per heavy atom. The van der Waals surface area contributed by atoms with Crippen molar-refractivity contribution in [2.45, 2.75) is 25.6 Å². The maximum absolute atomic E-state index is 12.4. The summed E-state index contributed by atoms with van der Waals surface area (Å²) in [5.41, 5.74) is 0.185. The van der Waals surface area contributed by atoms with Crippen molar-refractivity contribution in [3.8, 4) is 0 Å². The Morgan fingerprint density at radius 2 is 2.05 bits per heavy atom. The summed E-state index contributed by atoms with van der Waals surface area (Å²) >= 11 is 0. The first-order valence-corrected chi connectivity index (χ1v) is 5.98. The van der Waals surface area contributed by atoms with Crippen LogP contribution in [0.15, 0.2) is 29.4 Å². The number of ether oxygens (including phenoxy) is 1. The van der Waals surface area contributed by atoms with Crippen molar-refractivity contribution in [1.29, 1.82) is 0 Å². The molecule has 1 aromatic carbocycles. The Hall–Kier alpha value is -2.05. The molecule has 20 heavy (non-hydrogen) atoms. The number of oxime groups is 1. The standard InChI is InChI=1S/C13H12F3NO3/c1-2-19-12(18)11-7-10(17-20-11)8-3-5-9(6-4-8)13(14,15)16/h3-6,11H,2,7H2,1H3. The molecular weight excluding hydrogens is 275 g/mol. The highest BCUT2D eigenvalue weighted by atomic mass is 19.4. The van der Waals surface area contributed by atoms with Gasteiger partial charge in [0, 0.05) is 6.42 Å². The van der Waals surface area contributed by atoms with E-state index < -0.39 is 23.8 Å². The highest BCUT2D eigenvalue weighted by Gasteiger charge is 2.32. The largest absolute Gasteiger partial charge is 0.463 e. The number of benzene rings is 1. The number of esters is 1. The van der Waals surface area contributed by atoms with Crippen molar-refractivity contribution in [2.75, 3.05) is 6.61 Å². The van der Waals surface area contributed by atoms with Crippen LogP contribution in [-0.4, -0.2) is 24.4 Å². The van der Waals surface area contributed by atoms with E-state index in [1.807, 2.05) is 0 Å². The Kier molecular flexibility index (Phi) is 3.96. The zero-order chi connectivity index (χ0) is 14.8. The minimum atomic E-state index is -4.38. The van der Waals surface area contributed by atoms with E-state index in [2.05, 4.69) is 5.16 Å². The molecule has 1 aliphatic heterocycles. The zero-order valence-corrected chi connectivity index (χ0v) is 10.6. The first kappa shape index (κ1) is 14.4. The summed E-state index contributed by atoms with van der Waals surface area (Å²) in [6, 6.07) is 4.54. The lowest BCUT2D eigenvalue weighted by Gasteiger charge is -2.07. The monoisotopic (exact) mass is 287 g/mol. The van der Waals surface area contributed by atoms with Gasteiger partial charge in [-0.3, -0.25) is 0 Å². The van der Waals surface area contributed by atoms with E-state index in [4.69, 9.17) is 9.57 Å². The van der Waals surface area contributed by atoms with Gasteiger partial charge in [0.15, 0.2) is 0 Å². The van der Waals surface area contributed by atoms with E-state index in [0.717, 1.165) is 12.1 Å². The lowest BCUT2D eigenvalue weighted by Crippen LogP contribution is -2.23. The number of nitrogens with zero attached hydrogens (tertiary/aromatic N) is 1. The van der Waals surface area contributed by atoms with E-state index in [0.29, 0.717) is 11.3 Å². The molecule has 0 saturated heterocycles. The molecule has 0 amide bonds. The summed E-state index contributed by atoms with van der Waals surface area (Å²) < 4.78 is 42.1. The molecule has 0 bridgehead atoms. The van der Waals surface area contributed by atoms with Gasteiger partial charge >= 0.3 is 12.1 Å². The maximum atomic E-state index is 12.4. The number of alkyl halides is 3. The molecule has 0 saturated carbocycles. The average molecular weight is 287 g/mol. The number of hydrogen-bond acceptors (Lipinski definition) is 4. The number of carbonyl (C=O) groups is 1. The minimum absolute atomic E-state index is 0.185. The van der Waals surface area contributed by atoms with Gasteiger partial charge in [0.1, 0.15) is 0 Å². The molecule has 0 fully saturated rings. The van der Waals surface area contributed by atoms with Crippen molar-refractivity contribution < 1.29 is 27.5 Å². The fourth-order valence-electron chi connectivity index (χ4n) is 1.76. The molecule has 0 radical (unpaired) electrons. The predicted octanol–water partition coefficient (Wildman–Crippen LogP) is 2.76. The molecule has 1 heterocycles. The van der Waals surface area contributed by atoms with Crippen molar-refractivity contribution in [3.05, 3.63) is 35.4 Å². The van der Waals surface area contributed by atoms with Gasteiger partial charge in [0.2, 0.25) is 6.10 Å². The lowest BCUT2D eigenvalue weighted by molar-refractivity contribution is -0.154. The first-order chi connectivity index (χ1) is 9.41. The van der Waals surface area contributed by atoms with E-state index in [-0.39, 0.29) is 13.0 Å². The summed E-state index contributed by atoms with van der Waals surface area (Å²) in [5.74, 6) is -0.529. The van der Waals surface area contributed by atoms with Gasteiger partial charge in [-0.25, -0.2) is 4.79 Å². The van der Waals surface area contributed by atoms with Gasteiger partial charge in [-0.05, 0) is 24.6 Å². The van der Waals surface area contributed by atoms with Crippen LogP contribution in [0.25, 0.3) is 0 Å². The van der Waals surface area contributed by atoms with E-state index in [1.165, 1.54) is 12.1 Å². The van der Waals surface area contributed by atoms with Crippen LogP contribution in [0.1, 0.15) is 24.5 Å². The number of rotatable bonds is 3. The molecular formula is C13H12F3NO3. The fraction of sp³-hybridized carbons (Fsp3) is 0.385. The highest BCUT2D eigenvalue weighted by molar-refractivity contribution is 6.03. The second kappa shape index (κ2) is 5.52. The summed E-state index contributed by atoms with van der Waals surface area (Å²) in [6.07, 6.45) is -5.02. The van der Waals surface area contributed by atoms with Crippen LogP contribution < -0.4 is 0 Å². The third kappa shape index (κ3) is 3.09. The quantitative estimate of drug-likeness (QED) is 0.803. The van der Waals surface area contributed by atoms with Crippen LogP contribution in [0.3, 0.4) is 0 Å². The summed E-state index contributed by atoms with van der Waals surface area (Å²) in [7, 11) is 0. The molecule has 0 N–H and O–H groups in total. The van der Waals surface area contributed by atoms with Gasteiger partial charge in [-0.15, -0.1) is 0 Å². The van der Waals surface area contributed by atoms with E-state index >= 15 is 0 Å². The topological polar surface area (TPSA) is 47.9 Å². The van der Waals surface area contributed by atoms with Crippen molar-refractivity contribution in [1.82, 2.24) is 0 Å². The maximum Gasteiger partial charge on any atom is 0.416 e. The van der Waals surface area contributed by atoms with Gasteiger partial charge in [-0.1, -0.05) is 17.3 Å². The second-order valence-corrected chi connectivity index (χ2v) is 4.16. The average Bonchev–Trinajstić information content (AvgIpc) is 2.88. The Balaban J connectivity index is 2.05. The molecule has 1 atom stereocenters. The Labute approximate surface area is 113 Å². The lowest BCUT2D eigenvalue weighted by atomic mass is 10.0. The molecule has 0 aliphatic carbocycles. The molecule has 1 aromatic rings. The predicted molar refractivity (Wildman–Crippen MR) is 64.1 cm³/mol. The number of halogens is 3. The fourth-order valence-corrected chi connectivity index (χ4v) is 1.76. The van der Waals surface area contributed by atoms with Crippen LogP contribution >= 0.6 is 0 Å². The minimum Gasteiger partial charge on any atom is -0.463 e. The molecule has 7 heteroatoms. The van der Waals surface area contributed by atoms with E-state index in [9.17, 15) is 18.0 Å². The number of carbonyl (C=O) groups excluding carboxylic acids is 1. The van der Waals surface area contributed by atoms with Crippen molar-refractivity contribution in [2.24, 2.45) is 5.16 Å². The molecule has 2 rings (SSSR count). The van der Waals surface area contributed by atoms with Crippen molar-refractivity contribution >= 4 is 11.7 Å². The van der Waals surface area contributed by atoms with Gasteiger partial charge in [0.25, 0.3) is 0 Å². The third-order valence-corrected chi connectivity index (χ3v) is 2.76. The molecule has 1 unspecified atom stereocenters. The summed E-state index contributed by atoms with van der Waals surface area (Å²) in [4.78, 5) is 16.4. The van der Waals surface area contributed by atoms with Gasteiger partial charge in [-0.2, -0.15) is 13.2 Å². The second-order valence-electron chi connectivity index (χ2n) is 4.16. The summed E-state index contributed by atoms with van der Waals surface area (Å²) in [5, 5.41) is 3.72. The van der Waals surface area contributed by atoms with Crippen LogP contribution in [0.5, 0.6) is 0 Å². The third-order valence-electron chi connectivity index (χ3n) is 2.76. The summed E-state index contributed by atoms with van der Waals surface area (Å²) in [6.45, 7) is 1.90.